The molecule has 2 saturated heterocycles. The molecule has 2 heterocycles. The molecule has 1 aromatic rings. The van der Waals surface area contributed by atoms with Crippen LogP contribution in [0, 0.1) is 5.82 Å². The minimum atomic E-state index is -0.491. The maximum atomic E-state index is 13.1. The Morgan fingerprint density at radius 3 is 2.80 bits per heavy atom. The van der Waals surface area contributed by atoms with Gasteiger partial charge in [-0.3, -0.25) is 4.79 Å². The number of hydrogen-bond acceptors (Lipinski definition) is 2. The van der Waals surface area contributed by atoms with E-state index in [1.807, 2.05) is 4.90 Å². The molecular weight excluding hydrogens is 302 g/mol. The maximum absolute atomic E-state index is 13.1. The first-order valence-electron chi connectivity index (χ1n) is 6.64. The van der Waals surface area contributed by atoms with Gasteiger partial charge < -0.3 is 10.2 Å². The molecule has 6 heteroatoms. The predicted octanol–water partition coefficient (Wildman–Crippen LogP) is 2.87. The first-order chi connectivity index (χ1) is 9.13. The number of amides is 1. The fourth-order valence-corrected chi connectivity index (χ4v) is 3.12. The normalized spacial score (nSPS) is 25.0. The molecule has 3 rings (SSSR count). The van der Waals surface area contributed by atoms with Crippen LogP contribution in [0.4, 0.5) is 4.39 Å². The molecule has 20 heavy (non-hydrogen) atoms. The Labute approximate surface area is 128 Å². The molecule has 2 atom stereocenters. The minimum absolute atomic E-state index is 0. The molecule has 2 bridgehead atoms. The number of carbonyl (C=O) groups excluding carboxylic acids is 1. The van der Waals surface area contributed by atoms with Crippen molar-refractivity contribution >= 4 is 29.9 Å². The molecule has 3 nitrogen and oxygen atoms in total. The number of benzene rings is 1. The molecule has 1 aromatic carbocycles. The van der Waals surface area contributed by atoms with Crippen molar-refractivity contribution in [3.8, 4) is 0 Å². The fourth-order valence-electron chi connectivity index (χ4n) is 2.94. The summed E-state index contributed by atoms with van der Waals surface area (Å²) in [5, 5.41) is 3.53. The largest absolute Gasteiger partial charge is 0.337 e. The second kappa shape index (κ2) is 6.29. The third-order valence-electron chi connectivity index (χ3n) is 3.98. The smallest absolute Gasteiger partial charge is 0.253 e. The number of nitrogens with one attached hydrogen (secondary N) is 1. The van der Waals surface area contributed by atoms with Crippen LogP contribution in [-0.4, -0.2) is 36.0 Å². The first-order valence-corrected chi connectivity index (χ1v) is 7.01. The van der Waals surface area contributed by atoms with Crippen LogP contribution >= 0.6 is 24.0 Å². The van der Waals surface area contributed by atoms with Gasteiger partial charge in [0.15, 0.2) is 0 Å². The van der Waals surface area contributed by atoms with E-state index in [-0.39, 0.29) is 23.3 Å². The van der Waals surface area contributed by atoms with E-state index in [0.717, 1.165) is 25.9 Å². The molecule has 2 unspecified atom stereocenters. The summed E-state index contributed by atoms with van der Waals surface area (Å²) in [6.45, 7) is 1.48. The Morgan fingerprint density at radius 1 is 1.30 bits per heavy atom. The summed E-state index contributed by atoms with van der Waals surface area (Å²) >= 11 is 5.73. The highest BCUT2D eigenvalue weighted by atomic mass is 35.5. The lowest BCUT2D eigenvalue weighted by Crippen LogP contribution is -2.39. The van der Waals surface area contributed by atoms with Gasteiger partial charge in [-0.05, 0) is 37.5 Å². The van der Waals surface area contributed by atoms with E-state index >= 15 is 0 Å². The lowest BCUT2D eigenvalue weighted by molar-refractivity contribution is 0.0748. The summed E-state index contributed by atoms with van der Waals surface area (Å²) in [6, 6.07) is 5.10. The Hall–Kier alpha value is -0.840. The average Bonchev–Trinajstić information content (AvgIpc) is 2.72. The summed E-state index contributed by atoms with van der Waals surface area (Å²) in [6.07, 6.45) is 3.31. The van der Waals surface area contributed by atoms with Crippen LogP contribution in [-0.2, 0) is 0 Å². The zero-order valence-corrected chi connectivity index (χ0v) is 12.5. The summed E-state index contributed by atoms with van der Waals surface area (Å²) < 4.78 is 13.1. The molecule has 110 valence electrons. The van der Waals surface area contributed by atoms with Gasteiger partial charge in [-0.25, -0.2) is 4.39 Å². The summed E-state index contributed by atoms with van der Waals surface area (Å²) in [4.78, 5) is 14.3. The van der Waals surface area contributed by atoms with Gasteiger partial charge in [0, 0.05) is 30.7 Å². The molecule has 0 spiro atoms. The standard InChI is InChI=1S/C14H16ClFN2O.ClH/c15-12-7-9(1-4-13(12)16)14(19)18-6-5-10-2-3-11(8-18)17-10;/h1,4,7,10-11,17H,2-3,5-6,8H2;1H. The van der Waals surface area contributed by atoms with Crippen molar-refractivity contribution in [3.05, 3.63) is 34.6 Å². The van der Waals surface area contributed by atoms with E-state index in [1.165, 1.54) is 24.6 Å². The molecule has 1 N–H and O–H groups in total. The number of hydrogen-bond donors (Lipinski definition) is 1. The number of likely N-dealkylation sites (tertiary alicyclic amines) is 1. The van der Waals surface area contributed by atoms with Crippen molar-refractivity contribution in [2.75, 3.05) is 13.1 Å². The third-order valence-corrected chi connectivity index (χ3v) is 4.27. The van der Waals surface area contributed by atoms with E-state index in [0.29, 0.717) is 17.6 Å². The van der Waals surface area contributed by atoms with Crippen molar-refractivity contribution in [2.45, 2.75) is 31.3 Å². The summed E-state index contributed by atoms with van der Waals surface area (Å²) in [7, 11) is 0. The number of carbonyl (C=O) groups is 1. The SMILES string of the molecule is Cl.O=C(c1ccc(F)c(Cl)c1)N1CCC2CCC(C1)N2. The second-order valence-corrected chi connectivity index (χ2v) is 5.71. The minimum Gasteiger partial charge on any atom is -0.337 e. The van der Waals surface area contributed by atoms with E-state index in [2.05, 4.69) is 5.32 Å². The number of fused-ring (bicyclic) bond motifs is 2. The monoisotopic (exact) mass is 318 g/mol. The van der Waals surface area contributed by atoms with Crippen molar-refractivity contribution in [1.29, 1.82) is 0 Å². The number of nitrogens with zero attached hydrogens (tertiary/aromatic N) is 1. The van der Waals surface area contributed by atoms with E-state index in [9.17, 15) is 9.18 Å². The quantitative estimate of drug-likeness (QED) is 0.863. The van der Waals surface area contributed by atoms with Crippen LogP contribution in [0.3, 0.4) is 0 Å². The van der Waals surface area contributed by atoms with Gasteiger partial charge in [-0.15, -0.1) is 12.4 Å². The Balaban J connectivity index is 0.00000147. The van der Waals surface area contributed by atoms with Crippen LogP contribution in [0.25, 0.3) is 0 Å². The lowest BCUT2D eigenvalue weighted by atomic mass is 10.1. The number of halogens is 3. The van der Waals surface area contributed by atoms with E-state index in [1.54, 1.807) is 0 Å². The van der Waals surface area contributed by atoms with Gasteiger partial charge in [0.25, 0.3) is 5.91 Å². The highest BCUT2D eigenvalue weighted by Gasteiger charge is 2.31. The van der Waals surface area contributed by atoms with Gasteiger partial charge >= 0.3 is 0 Å². The zero-order chi connectivity index (χ0) is 13.4. The van der Waals surface area contributed by atoms with Gasteiger partial charge in [0.1, 0.15) is 5.82 Å². The van der Waals surface area contributed by atoms with Gasteiger partial charge in [0.05, 0.1) is 5.02 Å². The van der Waals surface area contributed by atoms with Crippen LogP contribution in [0.5, 0.6) is 0 Å². The van der Waals surface area contributed by atoms with Crippen molar-refractivity contribution in [1.82, 2.24) is 10.2 Å². The van der Waals surface area contributed by atoms with Gasteiger partial charge in [-0.2, -0.15) is 0 Å². The van der Waals surface area contributed by atoms with Crippen LogP contribution in [0.2, 0.25) is 5.02 Å². The Morgan fingerprint density at radius 2 is 2.05 bits per heavy atom. The molecule has 2 fully saturated rings. The van der Waals surface area contributed by atoms with E-state index in [4.69, 9.17) is 11.6 Å². The zero-order valence-electron chi connectivity index (χ0n) is 10.9. The molecule has 2 aliphatic rings. The first kappa shape index (κ1) is 15.5. The highest BCUT2D eigenvalue weighted by Crippen LogP contribution is 2.23. The fraction of sp³-hybridized carbons (Fsp3) is 0.500. The number of rotatable bonds is 1. The molecule has 0 aliphatic carbocycles. The lowest BCUT2D eigenvalue weighted by Gasteiger charge is -2.24. The molecule has 2 aliphatic heterocycles. The topological polar surface area (TPSA) is 32.3 Å². The molecule has 0 radical (unpaired) electrons. The summed E-state index contributed by atoms with van der Waals surface area (Å²) in [5.74, 6) is -0.550. The summed E-state index contributed by atoms with van der Waals surface area (Å²) in [5.41, 5.74) is 0.462. The Bertz CT molecular complexity index is 512. The van der Waals surface area contributed by atoms with Gasteiger partial charge in [-0.1, -0.05) is 11.6 Å². The van der Waals surface area contributed by atoms with Crippen molar-refractivity contribution < 1.29 is 9.18 Å². The van der Waals surface area contributed by atoms with Crippen molar-refractivity contribution in [2.24, 2.45) is 0 Å². The molecule has 1 amide bonds. The highest BCUT2D eigenvalue weighted by molar-refractivity contribution is 6.31. The average molecular weight is 319 g/mol. The molecule has 0 saturated carbocycles. The molecule has 0 aromatic heterocycles. The third kappa shape index (κ3) is 3.08. The van der Waals surface area contributed by atoms with Crippen LogP contribution < -0.4 is 5.32 Å². The second-order valence-electron chi connectivity index (χ2n) is 5.31. The van der Waals surface area contributed by atoms with Crippen LogP contribution in [0.15, 0.2) is 18.2 Å². The predicted molar refractivity (Wildman–Crippen MR) is 79.1 cm³/mol. The Kier molecular flexibility index (Phi) is 4.89. The maximum Gasteiger partial charge on any atom is 0.253 e. The van der Waals surface area contributed by atoms with Gasteiger partial charge in [0.2, 0.25) is 0 Å². The van der Waals surface area contributed by atoms with Crippen molar-refractivity contribution in [3.63, 3.8) is 0 Å². The van der Waals surface area contributed by atoms with E-state index < -0.39 is 5.82 Å². The van der Waals surface area contributed by atoms with Crippen LogP contribution in [0.1, 0.15) is 29.6 Å². The molecular formula is C14H17Cl2FN2O.